The minimum Gasteiger partial charge on any atom is -0.390 e. The zero-order valence-corrected chi connectivity index (χ0v) is 15.2. The van der Waals surface area contributed by atoms with Crippen molar-refractivity contribution >= 4 is 22.1 Å². The SMILES string of the molecule is Cc1ccc(C(=O)c2c(N)sc3c2CCC(C(C)(C)C)C3)cc1. The number of fused-ring (bicyclic) bond motifs is 1. The summed E-state index contributed by atoms with van der Waals surface area (Å²) in [7, 11) is 0. The second-order valence-corrected chi connectivity index (χ2v) is 8.88. The molecule has 2 nitrogen and oxygen atoms in total. The lowest BCUT2D eigenvalue weighted by molar-refractivity contribution is 0.103. The first-order valence-electron chi connectivity index (χ1n) is 8.28. The van der Waals surface area contributed by atoms with Gasteiger partial charge in [0.15, 0.2) is 5.78 Å². The zero-order valence-electron chi connectivity index (χ0n) is 14.4. The Morgan fingerprint density at radius 2 is 1.87 bits per heavy atom. The Morgan fingerprint density at radius 3 is 2.48 bits per heavy atom. The van der Waals surface area contributed by atoms with E-state index in [-0.39, 0.29) is 5.78 Å². The van der Waals surface area contributed by atoms with E-state index in [4.69, 9.17) is 5.73 Å². The van der Waals surface area contributed by atoms with Crippen LogP contribution in [0.3, 0.4) is 0 Å². The highest BCUT2D eigenvalue weighted by Gasteiger charge is 2.33. The fourth-order valence-electron chi connectivity index (χ4n) is 3.44. The highest BCUT2D eigenvalue weighted by molar-refractivity contribution is 7.16. The number of benzene rings is 1. The summed E-state index contributed by atoms with van der Waals surface area (Å²) >= 11 is 1.62. The summed E-state index contributed by atoms with van der Waals surface area (Å²) < 4.78 is 0. The van der Waals surface area contributed by atoms with Crippen molar-refractivity contribution in [3.63, 3.8) is 0 Å². The van der Waals surface area contributed by atoms with E-state index in [9.17, 15) is 4.79 Å². The van der Waals surface area contributed by atoms with Crippen molar-refractivity contribution in [2.45, 2.75) is 47.0 Å². The van der Waals surface area contributed by atoms with Gasteiger partial charge < -0.3 is 5.73 Å². The topological polar surface area (TPSA) is 43.1 Å². The van der Waals surface area contributed by atoms with Gasteiger partial charge in [-0.3, -0.25) is 4.79 Å². The lowest BCUT2D eigenvalue weighted by atomic mass is 9.72. The van der Waals surface area contributed by atoms with Crippen LogP contribution in [0.5, 0.6) is 0 Å². The average molecular weight is 327 g/mol. The molecule has 1 unspecified atom stereocenters. The normalized spacial score (nSPS) is 17.8. The minimum absolute atomic E-state index is 0.0780. The number of carbonyl (C=O) groups excluding carboxylic acids is 1. The van der Waals surface area contributed by atoms with Gasteiger partial charge in [0.05, 0.1) is 10.6 Å². The van der Waals surface area contributed by atoms with E-state index < -0.39 is 0 Å². The number of hydrogen-bond donors (Lipinski definition) is 1. The van der Waals surface area contributed by atoms with Crippen molar-refractivity contribution in [1.29, 1.82) is 0 Å². The summed E-state index contributed by atoms with van der Waals surface area (Å²) in [6, 6.07) is 7.78. The third kappa shape index (κ3) is 3.07. The van der Waals surface area contributed by atoms with Crippen LogP contribution < -0.4 is 5.73 Å². The molecular formula is C20H25NOS. The van der Waals surface area contributed by atoms with Gasteiger partial charge in [-0.2, -0.15) is 0 Å². The molecule has 23 heavy (non-hydrogen) atoms. The highest BCUT2D eigenvalue weighted by Crippen LogP contribution is 2.43. The van der Waals surface area contributed by atoms with E-state index in [0.717, 1.165) is 36.0 Å². The molecule has 1 aliphatic rings. The van der Waals surface area contributed by atoms with Gasteiger partial charge in [-0.05, 0) is 43.1 Å². The van der Waals surface area contributed by atoms with Gasteiger partial charge in [0, 0.05) is 10.4 Å². The number of anilines is 1. The Hall–Kier alpha value is -1.61. The van der Waals surface area contributed by atoms with Gasteiger partial charge in [-0.25, -0.2) is 0 Å². The molecule has 1 aromatic heterocycles. The number of ketones is 1. The minimum atomic E-state index is 0.0780. The predicted molar refractivity (Wildman–Crippen MR) is 98.3 cm³/mol. The Bertz CT molecular complexity index is 734. The molecular weight excluding hydrogens is 302 g/mol. The molecule has 1 aromatic carbocycles. The summed E-state index contributed by atoms with van der Waals surface area (Å²) in [5.41, 5.74) is 10.4. The molecule has 0 bridgehead atoms. The molecule has 0 saturated carbocycles. The first kappa shape index (κ1) is 16.3. The number of thiophene rings is 1. The summed E-state index contributed by atoms with van der Waals surface area (Å²) in [5, 5.41) is 0.690. The summed E-state index contributed by atoms with van der Waals surface area (Å²) in [6.07, 6.45) is 3.16. The van der Waals surface area contributed by atoms with E-state index in [0.29, 0.717) is 16.3 Å². The largest absolute Gasteiger partial charge is 0.390 e. The van der Waals surface area contributed by atoms with Gasteiger partial charge in [0.25, 0.3) is 0 Å². The molecule has 1 aliphatic carbocycles. The molecule has 0 spiro atoms. The van der Waals surface area contributed by atoms with Gasteiger partial charge in [-0.1, -0.05) is 50.6 Å². The standard InChI is InChI=1S/C20H25NOS/c1-12-5-7-13(8-6-12)18(22)17-15-10-9-14(20(2,3)4)11-16(15)23-19(17)21/h5-8,14H,9-11,21H2,1-4H3. The van der Waals surface area contributed by atoms with E-state index in [1.807, 2.05) is 31.2 Å². The summed E-state index contributed by atoms with van der Waals surface area (Å²) in [5.74, 6) is 0.740. The molecule has 2 N–H and O–H groups in total. The van der Waals surface area contributed by atoms with E-state index >= 15 is 0 Å². The number of nitrogen functional groups attached to an aromatic ring is 1. The first-order chi connectivity index (χ1) is 10.8. The first-order valence-corrected chi connectivity index (χ1v) is 9.10. The second kappa shape index (κ2) is 5.79. The third-order valence-corrected chi connectivity index (χ3v) is 6.14. The van der Waals surface area contributed by atoms with Crippen LogP contribution in [-0.4, -0.2) is 5.78 Å². The van der Waals surface area contributed by atoms with Crippen LogP contribution in [0.4, 0.5) is 5.00 Å². The van der Waals surface area contributed by atoms with Crippen LogP contribution in [0, 0.1) is 18.3 Å². The Morgan fingerprint density at radius 1 is 1.22 bits per heavy atom. The van der Waals surface area contributed by atoms with Crippen molar-refractivity contribution in [2.24, 2.45) is 11.3 Å². The second-order valence-electron chi connectivity index (χ2n) is 7.74. The van der Waals surface area contributed by atoms with Crippen molar-refractivity contribution in [3.05, 3.63) is 51.4 Å². The van der Waals surface area contributed by atoms with Crippen LogP contribution in [-0.2, 0) is 12.8 Å². The number of rotatable bonds is 2. The van der Waals surface area contributed by atoms with Gasteiger partial charge in [0.1, 0.15) is 0 Å². The van der Waals surface area contributed by atoms with Gasteiger partial charge in [-0.15, -0.1) is 11.3 Å². The zero-order chi connectivity index (χ0) is 16.8. The van der Waals surface area contributed by atoms with E-state index in [2.05, 4.69) is 20.8 Å². The molecule has 0 radical (unpaired) electrons. The molecule has 1 heterocycles. The molecule has 1 atom stereocenters. The molecule has 2 aromatic rings. The summed E-state index contributed by atoms with van der Waals surface area (Å²) in [4.78, 5) is 14.2. The lowest BCUT2D eigenvalue weighted by Crippen LogP contribution is -2.26. The molecule has 3 rings (SSSR count). The number of carbonyl (C=O) groups is 1. The predicted octanol–water partition coefficient (Wildman–Crippen LogP) is 5.02. The van der Waals surface area contributed by atoms with E-state index in [1.165, 1.54) is 10.4 Å². The lowest BCUT2D eigenvalue weighted by Gasteiger charge is -2.33. The monoisotopic (exact) mass is 327 g/mol. The average Bonchev–Trinajstić information content (AvgIpc) is 2.81. The van der Waals surface area contributed by atoms with Crippen LogP contribution in [0.2, 0.25) is 0 Å². The molecule has 0 amide bonds. The fourth-order valence-corrected chi connectivity index (χ4v) is 4.64. The molecule has 0 aliphatic heterocycles. The van der Waals surface area contributed by atoms with Crippen LogP contribution in [0.1, 0.15) is 59.1 Å². The van der Waals surface area contributed by atoms with Crippen LogP contribution in [0.15, 0.2) is 24.3 Å². The maximum Gasteiger partial charge on any atom is 0.196 e. The van der Waals surface area contributed by atoms with Crippen molar-refractivity contribution in [1.82, 2.24) is 0 Å². The highest BCUT2D eigenvalue weighted by atomic mass is 32.1. The molecule has 122 valence electrons. The van der Waals surface area contributed by atoms with E-state index in [1.54, 1.807) is 11.3 Å². The van der Waals surface area contributed by atoms with Crippen molar-refractivity contribution < 1.29 is 4.79 Å². The van der Waals surface area contributed by atoms with Gasteiger partial charge in [0.2, 0.25) is 0 Å². The molecule has 3 heteroatoms. The third-order valence-electron chi connectivity index (χ3n) is 5.06. The van der Waals surface area contributed by atoms with Gasteiger partial charge >= 0.3 is 0 Å². The molecule has 0 saturated heterocycles. The fraction of sp³-hybridized carbons (Fsp3) is 0.450. The quantitative estimate of drug-likeness (QED) is 0.787. The van der Waals surface area contributed by atoms with Crippen LogP contribution in [0.25, 0.3) is 0 Å². The molecule has 0 fully saturated rings. The van der Waals surface area contributed by atoms with Crippen molar-refractivity contribution in [3.8, 4) is 0 Å². The van der Waals surface area contributed by atoms with Crippen molar-refractivity contribution in [2.75, 3.05) is 5.73 Å². The maximum absolute atomic E-state index is 12.9. The Kier molecular flexibility index (Phi) is 4.09. The Balaban J connectivity index is 1.95. The Labute approximate surface area is 142 Å². The number of aryl methyl sites for hydroxylation is 1. The smallest absolute Gasteiger partial charge is 0.196 e. The summed E-state index contributed by atoms with van der Waals surface area (Å²) in [6.45, 7) is 8.94. The number of nitrogens with two attached hydrogens (primary N) is 1. The van der Waals surface area contributed by atoms with Crippen LogP contribution >= 0.6 is 11.3 Å². The number of hydrogen-bond acceptors (Lipinski definition) is 3. The maximum atomic E-state index is 12.9.